The predicted molar refractivity (Wildman–Crippen MR) is 197 cm³/mol. The van der Waals surface area contributed by atoms with Crippen LogP contribution in [0.5, 0.6) is 0 Å². The fourth-order valence-corrected chi connectivity index (χ4v) is 7.72. The maximum absolute atomic E-state index is 12.6. The van der Waals surface area contributed by atoms with E-state index in [1.54, 1.807) is 0 Å². The Morgan fingerprint density at radius 3 is 2.27 bits per heavy atom. The van der Waals surface area contributed by atoms with Crippen molar-refractivity contribution in [1.29, 1.82) is 0 Å². The van der Waals surface area contributed by atoms with E-state index >= 15 is 0 Å². The van der Waals surface area contributed by atoms with Gasteiger partial charge >= 0.3 is 0 Å². The van der Waals surface area contributed by atoms with Crippen LogP contribution >= 0.6 is 23.2 Å². The molecule has 2 atom stereocenters. The maximum atomic E-state index is 12.6. The molecule has 4 aromatic rings. The lowest BCUT2D eigenvalue weighted by Crippen LogP contribution is -2.45. The average Bonchev–Trinajstić information content (AvgIpc) is 3.43. The van der Waals surface area contributed by atoms with Crippen LogP contribution in [0.2, 0.25) is 10.0 Å². The number of fused-ring (bicyclic) bond motifs is 1. The normalized spacial score (nSPS) is 18.6. The molecule has 258 valence electrons. The number of hydrogen-bond acceptors (Lipinski definition) is 6. The summed E-state index contributed by atoms with van der Waals surface area (Å²) in [6.45, 7) is 10.1. The number of aryl methyl sites for hydroxylation is 1. The van der Waals surface area contributed by atoms with Crippen LogP contribution in [-0.2, 0) is 47.4 Å². The molecule has 0 amide bonds. The van der Waals surface area contributed by atoms with Crippen molar-refractivity contribution in [3.63, 3.8) is 0 Å². The Balaban J connectivity index is 1.17. The lowest BCUT2D eigenvalue weighted by atomic mass is 10.0. The van der Waals surface area contributed by atoms with Gasteiger partial charge in [-0.25, -0.2) is 8.42 Å². The molecule has 0 aliphatic carbocycles. The summed E-state index contributed by atoms with van der Waals surface area (Å²) in [5.41, 5.74) is 7.64. The number of ether oxygens (including phenoxy) is 1. The fourth-order valence-electron chi connectivity index (χ4n) is 6.64. The summed E-state index contributed by atoms with van der Waals surface area (Å²) < 4.78 is 34.6. The molecule has 1 N–H and O–H groups in total. The number of rotatable bonds is 10. The molecule has 1 saturated heterocycles. The van der Waals surface area contributed by atoms with Crippen molar-refractivity contribution in [2.45, 2.75) is 65.1 Å². The highest BCUT2D eigenvalue weighted by Crippen LogP contribution is 2.33. The van der Waals surface area contributed by atoms with E-state index < -0.39 is 10.0 Å². The highest BCUT2D eigenvalue weighted by atomic mass is 35.5. The van der Waals surface area contributed by atoms with Crippen molar-refractivity contribution in [1.82, 2.24) is 24.3 Å². The van der Waals surface area contributed by atoms with Gasteiger partial charge in [0.1, 0.15) is 0 Å². The van der Waals surface area contributed by atoms with Gasteiger partial charge in [0.15, 0.2) is 0 Å². The monoisotopic (exact) mass is 719 g/mol. The second-order valence-electron chi connectivity index (χ2n) is 13.1. The van der Waals surface area contributed by atoms with E-state index in [9.17, 15) is 8.42 Å². The standard InChI is InChI=1S/C38H43Cl2N5O3S/c1-27-24-43(25-28(2)48-27)18-4-19-45-37-17-20-44(49(3,46)47)26-35(37)38(42-45)33-13-16-36(40)32(21-33)12-9-29-5-7-30(8-6-29)22-41-23-31-10-14-34(39)15-11-31/h5-8,10-11,13-16,21,27-28,41H,4,17-20,22-26H2,1-3H3/t27-,28+. The topological polar surface area (TPSA) is 79.7 Å². The molecule has 3 heterocycles. The summed E-state index contributed by atoms with van der Waals surface area (Å²) in [5.74, 6) is 6.52. The predicted octanol–water partition coefficient (Wildman–Crippen LogP) is 6.36. The van der Waals surface area contributed by atoms with Crippen molar-refractivity contribution < 1.29 is 13.2 Å². The SMILES string of the molecule is C[C@@H]1CN(CCCn2nc(-c3ccc(Cl)c(C#Cc4ccc(CNCc5ccc(Cl)cc5)cc4)c3)c3c2CCN(S(C)(=O)=O)C3)C[C@H](C)O1. The molecule has 0 spiro atoms. The maximum Gasteiger partial charge on any atom is 0.211 e. The number of nitrogens with zero attached hydrogens (tertiary/aromatic N) is 4. The summed E-state index contributed by atoms with van der Waals surface area (Å²) in [7, 11) is -3.35. The molecule has 49 heavy (non-hydrogen) atoms. The van der Waals surface area contributed by atoms with Crippen LogP contribution < -0.4 is 5.32 Å². The Labute approximate surface area is 300 Å². The second kappa shape index (κ2) is 15.8. The molecular weight excluding hydrogens is 677 g/mol. The molecule has 6 rings (SSSR count). The first-order valence-corrected chi connectivity index (χ1v) is 19.4. The quantitative estimate of drug-likeness (QED) is 0.192. The van der Waals surface area contributed by atoms with E-state index in [1.165, 1.54) is 16.1 Å². The second-order valence-corrected chi connectivity index (χ2v) is 15.9. The lowest BCUT2D eigenvalue weighted by Gasteiger charge is -2.35. The van der Waals surface area contributed by atoms with Gasteiger partial charge in [0.2, 0.25) is 10.0 Å². The van der Waals surface area contributed by atoms with E-state index in [4.69, 9.17) is 33.0 Å². The first kappa shape index (κ1) is 35.6. The minimum absolute atomic E-state index is 0.227. The van der Waals surface area contributed by atoms with E-state index in [2.05, 4.69) is 52.7 Å². The molecule has 1 fully saturated rings. The van der Waals surface area contributed by atoms with Crippen LogP contribution in [0.4, 0.5) is 0 Å². The van der Waals surface area contributed by atoms with Gasteiger partial charge in [0.05, 0.1) is 29.2 Å². The summed E-state index contributed by atoms with van der Waals surface area (Å²) in [6, 6.07) is 21.8. The van der Waals surface area contributed by atoms with Crippen LogP contribution in [0.25, 0.3) is 11.3 Å². The molecule has 0 unspecified atom stereocenters. The third kappa shape index (κ3) is 9.33. The number of hydrogen-bond donors (Lipinski definition) is 1. The fraction of sp³-hybridized carbons (Fsp3) is 0.395. The molecular formula is C38H43Cl2N5O3S. The molecule has 3 aromatic carbocycles. The van der Waals surface area contributed by atoms with Gasteiger partial charge in [0, 0.05) is 91.7 Å². The minimum atomic E-state index is -3.35. The number of aromatic nitrogens is 2. The summed E-state index contributed by atoms with van der Waals surface area (Å²) in [6.07, 6.45) is 3.29. The number of halogens is 2. The minimum Gasteiger partial charge on any atom is -0.373 e. The van der Waals surface area contributed by atoms with Gasteiger partial charge in [-0.1, -0.05) is 65.4 Å². The van der Waals surface area contributed by atoms with Gasteiger partial charge in [-0.05, 0) is 67.8 Å². The zero-order valence-electron chi connectivity index (χ0n) is 28.3. The van der Waals surface area contributed by atoms with E-state index in [1.807, 2.05) is 54.6 Å². The number of morpholine rings is 1. The van der Waals surface area contributed by atoms with Crippen molar-refractivity contribution in [3.05, 3.63) is 110 Å². The Morgan fingerprint density at radius 1 is 0.918 bits per heavy atom. The molecule has 8 nitrogen and oxygen atoms in total. The van der Waals surface area contributed by atoms with Gasteiger partial charge in [-0.3, -0.25) is 9.58 Å². The molecule has 2 aliphatic rings. The van der Waals surface area contributed by atoms with Gasteiger partial charge in [-0.2, -0.15) is 9.40 Å². The average molecular weight is 721 g/mol. The zero-order chi connectivity index (χ0) is 34.5. The first-order valence-electron chi connectivity index (χ1n) is 16.8. The van der Waals surface area contributed by atoms with Gasteiger partial charge in [0.25, 0.3) is 0 Å². The highest BCUT2D eigenvalue weighted by Gasteiger charge is 2.30. The molecule has 0 radical (unpaired) electrons. The van der Waals surface area contributed by atoms with Crippen LogP contribution in [-0.4, -0.2) is 72.0 Å². The third-order valence-corrected chi connectivity index (χ3v) is 10.8. The Morgan fingerprint density at radius 2 is 1.59 bits per heavy atom. The molecule has 2 aliphatic heterocycles. The molecule has 1 aromatic heterocycles. The summed E-state index contributed by atoms with van der Waals surface area (Å²) in [4.78, 5) is 2.46. The largest absolute Gasteiger partial charge is 0.373 e. The molecule has 0 saturated carbocycles. The summed E-state index contributed by atoms with van der Waals surface area (Å²) in [5, 5.41) is 9.84. The Hall–Kier alpha value is -3.20. The Bertz CT molecular complexity index is 1920. The van der Waals surface area contributed by atoms with E-state index in [-0.39, 0.29) is 12.2 Å². The van der Waals surface area contributed by atoms with Crippen LogP contribution in [0, 0.1) is 11.8 Å². The molecule has 0 bridgehead atoms. The summed E-state index contributed by atoms with van der Waals surface area (Å²) >= 11 is 12.6. The van der Waals surface area contributed by atoms with E-state index in [0.717, 1.165) is 84.4 Å². The van der Waals surface area contributed by atoms with Gasteiger partial charge in [-0.15, -0.1) is 0 Å². The zero-order valence-corrected chi connectivity index (χ0v) is 30.6. The van der Waals surface area contributed by atoms with Gasteiger partial charge < -0.3 is 10.1 Å². The van der Waals surface area contributed by atoms with Crippen molar-refractivity contribution >= 4 is 33.2 Å². The van der Waals surface area contributed by atoms with Crippen molar-refractivity contribution in [2.24, 2.45) is 0 Å². The number of sulfonamides is 1. The first-order chi connectivity index (χ1) is 23.5. The van der Waals surface area contributed by atoms with Crippen molar-refractivity contribution in [2.75, 3.05) is 32.4 Å². The third-order valence-electron chi connectivity index (χ3n) is 9.01. The van der Waals surface area contributed by atoms with Crippen LogP contribution in [0.15, 0.2) is 66.7 Å². The van der Waals surface area contributed by atoms with Crippen LogP contribution in [0.3, 0.4) is 0 Å². The highest BCUT2D eigenvalue weighted by molar-refractivity contribution is 7.88. The Kier molecular flexibility index (Phi) is 11.5. The van der Waals surface area contributed by atoms with Crippen LogP contribution in [0.1, 0.15) is 53.8 Å². The van der Waals surface area contributed by atoms with Crippen molar-refractivity contribution in [3.8, 4) is 23.1 Å². The number of nitrogens with one attached hydrogen (secondary N) is 1. The smallest absolute Gasteiger partial charge is 0.211 e. The number of benzene rings is 3. The lowest BCUT2D eigenvalue weighted by molar-refractivity contribution is -0.0683. The molecule has 11 heteroatoms. The van der Waals surface area contributed by atoms with E-state index in [0.29, 0.717) is 30.1 Å².